The zero-order valence-corrected chi connectivity index (χ0v) is 20.2. The zero-order valence-electron chi connectivity index (χ0n) is 17.0. The van der Waals surface area contributed by atoms with Gasteiger partial charge in [-0.1, -0.05) is 26.0 Å². The van der Waals surface area contributed by atoms with Gasteiger partial charge in [-0.25, -0.2) is 8.42 Å². The second kappa shape index (κ2) is 9.29. The molecule has 8 heteroatoms. The first-order valence-electron chi connectivity index (χ1n) is 9.78. The van der Waals surface area contributed by atoms with Crippen LogP contribution < -0.4 is 0 Å². The Morgan fingerprint density at radius 2 is 1.79 bits per heavy atom. The lowest BCUT2D eigenvalue weighted by Gasteiger charge is -2.32. The summed E-state index contributed by atoms with van der Waals surface area (Å²) < 4.78 is 28.5. The van der Waals surface area contributed by atoms with Crippen LogP contribution in [-0.4, -0.2) is 43.7 Å². The number of halogens is 1. The highest BCUT2D eigenvalue weighted by Crippen LogP contribution is 2.27. The largest absolute Gasteiger partial charge is 0.340 e. The van der Waals surface area contributed by atoms with Gasteiger partial charge in [-0.3, -0.25) is 4.79 Å². The van der Waals surface area contributed by atoms with Crippen LogP contribution in [0.15, 0.2) is 45.1 Å². The van der Waals surface area contributed by atoms with E-state index in [1.165, 1.54) is 4.31 Å². The molecule has 1 aromatic carbocycles. The Labute approximate surface area is 185 Å². The molecule has 158 valence electrons. The van der Waals surface area contributed by atoms with Crippen molar-refractivity contribution >= 4 is 43.2 Å². The third kappa shape index (κ3) is 5.29. The molecule has 1 aliphatic rings. The summed E-state index contributed by atoms with van der Waals surface area (Å²) in [5, 5.41) is 0. The molecule has 1 saturated heterocycles. The Bertz CT molecular complexity index is 947. The Kier molecular flexibility index (Phi) is 7.19. The molecule has 3 rings (SSSR count). The van der Waals surface area contributed by atoms with Crippen molar-refractivity contribution in [3.05, 3.63) is 50.6 Å². The minimum atomic E-state index is -3.51. The number of carbonyl (C=O) groups excluding carboxylic acids is 1. The van der Waals surface area contributed by atoms with Crippen molar-refractivity contribution < 1.29 is 13.2 Å². The summed E-state index contributed by atoms with van der Waals surface area (Å²) in [6.45, 7) is 5.50. The number of hydrogen-bond donors (Lipinski definition) is 0. The molecule has 0 aliphatic carbocycles. The molecule has 0 radical (unpaired) electrons. The zero-order chi connectivity index (χ0) is 21.2. The molecular formula is C21H27BrN2O3S2. The summed E-state index contributed by atoms with van der Waals surface area (Å²) in [6, 6.07) is 11.1. The maximum atomic E-state index is 12.9. The summed E-state index contributed by atoms with van der Waals surface area (Å²) in [5.41, 5.74) is 1.12. The number of nitrogens with zero attached hydrogens (tertiary/aromatic N) is 2. The van der Waals surface area contributed by atoms with Crippen LogP contribution in [0.1, 0.15) is 43.0 Å². The van der Waals surface area contributed by atoms with Gasteiger partial charge in [0.15, 0.2) is 0 Å². The van der Waals surface area contributed by atoms with Crippen LogP contribution in [0.4, 0.5) is 0 Å². The molecule has 29 heavy (non-hydrogen) atoms. The lowest BCUT2D eigenvalue weighted by molar-refractivity contribution is -0.135. The summed E-state index contributed by atoms with van der Waals surface area (Å²) in [7, 11) is -1.70. The maximum Gasteiger partial charge on any atom is 0.243 e. The third-order valence-electron chi connectivity index (χ3n) is 5.39. The van der Waals surface area contributed by atoms with Crippen LogP contribution in [0.3, 0.4) is 0 Å². The topological polar surface area (TPSA) is 57.7 Å². The van der Waals surface area contributed by atoms with Crippen LogP contribution >= 0.6 is 27.3 Å². The monoisotopic (exact) mass is 498 g/mol. The normalized spacial score (nSPS) is 16.3. The molecule has 0 bridgehead atoms. The van der Waals surface area contributed by atoms with E-state index >= 15 is 0 Å². The molecule has 1 aliphatic heterocycles. The van der Waals surface area contributed by atoms with Gasteiger partial charge in [0.25, 0.3) is 0 Å². The lowest BCUT2D eigenvalue weighted by atomic mass is 9.96. The van der Waals surface area contributed by atoms with Crippen LogP contribution in [0, 0.1) is 5.92 Å². The van der Waals surface area contributed by atoms with E-state index < -0.39 is 10.0 Å². The van der Waals surface area contributed by atoms with Gasteiger partial charge >= 0.3 is 0 Å². The highest BCUT2D eigenvalue weighted by Gasteiger charge is 2.33. The predicted octanol–water partition coefficient (Wildman–Crippen LogP) is 4.69. The van der Waals surface area contributed by atoms with E-state index in [1.807, 2.05) is 31.3 Å². The first-order chi connectivity index (χ1) is 13.7. The van der Waals surface area contributed by atoms with Gasteiger partial charge in [0.05, 0.1) is 15.2 Å². The average Bonchev–Trinajstić information content (AvgIpc) is 3.12. The SMILES string of the molecule is CC(C)c1ccc(S(=O)(=O)N2CCC(C(=O)N(C)Cc3ccc(Br)s3)CC2)cc1. The summed E-state index contributed by atoms with van der Waals surface area (Å²) >= 11 is 5.06. The van der Waals surface area contributed by atoms with Crippen molar-refractivity contribution in [1.82, 2.24) is 9.21 Å². The minimum absolute atomic E-state index is 0.0906. The van der Waals surface area contributed by atoms with E-state index in [9.17, 15) is 13.2 Å². The fourth-order valence-electron chi connectivity index (χ4n) is 3.58. The van der Waals surface area contributed by atoms with Crippen molar-refractivity contribution in [1.29, 1.82) is 0 Å². The van der Waals surface area contributed by atoms with Crippen LogP contribution in [0.5, 0.6) is 0 Å². The van der Waals surface area contributed by atoms with Crippen LogP contribution in [0.25, 0.3) is 0 Å². The third-order valence-corrected chi connectivity index (χ3v) is 8.91. The van der Waals surface area contributed by atoms with Gasteiger partial charge in [-0.2, -0.15) is 4.31 Å². The van der Waals surface area contributed by atoms with Crippen molar-refractivity contribution in [3.63, 3.8) is 0 Å². The lowest BCUT2D eigenvalue weighted by Crippen LogP contribution is -2.43. The van der Waals surface area contributed by atoms with E-state index in [0.717, 1.165) is 14.2 Å². The second-order valence-electron chi connectivity index (χ2n) is 7.80. The quantitative estimate of drug-likeness (QED) is 0.580. The van der Waals surface area contributed by atoms with Crippen LogP contribution in [-0.2, 0) is 21.4 Å². The average molecular weight is 499 g/mol. The van der Waals surface area contributed by atoms with Crippen molar-refractivity contribution in [2.75, 3.05) is 20.1 Å². The van der Waals surface area contributed by atoms with Gasteiger partial charge in [0.1, 0.15) is 0 Å². The number of amides is 1. The molecule has 1 fully saturated rings. The number of sulfonamides is 1. The molecular weight excluding hydrogens is 472 g/mol. The standard InChI is InChI=1S/C21H27BrN2O3S2/c1-15(2)16-4-7-19(8-5-16)29(26,27)24-12-10-17(11-13-24)21(25)23(3)14-18-6-9-20(22)28-18/h4-9,15,17H,10-14H2,1-3H3. The summed E-state index contributed by atoms with van der Waals surface area (Å²) in [4.78, 5) is 16.0. The van der Waals surface area contributed by atoms with Crippen molar-refractivity contribution in [2.45, 2.75) is 44.0 Å². The second-order valence-corrected chi connectivity index (χ2v) is 12.3. The van der Waals surface area contributed by atoms with Crippen molar-refractivity contribution in [2.24, 2.45) is 5.92 Å². The first kappa shape index (κ1) is 22.5. The van der Waals surface area contributed by atoms with E-state index in [1.54, 1.807) is 28.4 Å². The first-order valence-corrected chi connectivity index (χ1v) is 12.8. The van der Waals surface area contributed by atoms with Crippen molar-refractivity contribution in [3.8, 4) is 0 Å². The number of hydrogen-bond acceptors (Lipinski definition) is 4. The van der Waals surface area contributed by atoms with E-state index in [2.05, 4.69) is 29.8 Å². The Morgan fingerprint density at radius 1 is 1.17 bits per heavy atom. The number of carbonyl (C=O) groups is 1. The van der Waals surface area contributed by atoms with Gasteiger partial charge in [0.2, 0.25) is 15.9 Å². The van der Waals surface area contributed by atoms with Gasteiger partial charge in [-0.05, 0) is 64.5 Å². The van der Waals surface area contributed by atoms with E-state index in [4.69, 9.17) is 0 Å². The molecule has 1 amide bonds. The summed E-state index contributed by atoms with van der Waals surface area (Å²) in [6.07, 6.45) is 1.11. The Balaban J connectivity index is 1.59. The summed E-state index contributed by atoms with van der Waals surface area (Å²) in [5.74, 6) is 0.326. The van der Waals surface area contributed by atoms with E-state index in [-0.39, 0.29) is 11.8 Å². The van der Waals surface area contributed by atoms with Gasteiger partial charge in [-0.15, -0.1) is 11.3 Å². The predicted molar refractivity (Wildman–Crippen MR) is 121 cm³/mol. The molecule has 2 aromatic rings. The smallest absolute Gasteiger partial charge is 0.243 e. The fraction of sp³-hybridized carbons (Fsp3) is 0.476. The number of thiophene rings is 1. The molecule has 5 nitrogen and oxygen atoms in total. The molecule has 0 atom stereocenters. The fourth-order valence-corrected chi connectivity index (χ4v) is 6.58. The molecule has 0 N–H and O–H groups in total. The number of rotatable bonds is 6. The molecule has 2 heterocycles. The van der Waals surface area contributed by atoms with Gasteiger partial charge in [0, 0.05) is 30.9 Å². The minimum Gasteiger partial charge on any atom is -0.340 e. The van der Waals surface area contributed by atoms with Crippen LogP contribution in [0.2, 0.25) is 0 Å². The van der Waals surface area contributed by atoms with E-state index in [0.29, 0.717) is 43.3 Å². The maximum absolute atomic E-state index is 12.9. The molecule has 0 spiro atoms. The molecule has 0 unspecified atom stereocenters. The number of piperidine rings is 1. The highest BCUT2D eigenvalue weighted by molar-refractivity contribution is 9.11. The molecule has 1 aromatic heterocycles. The molecule has 0 saturated carbocycles. The Morgan fingerprint density at radius 3 is 2.31 bits per heavy atom. The highest BCUT2D eigenvalue weighted by atomic mass is 79.9. The Hall–Kier alpha value is -1.22. The van der Waals surface area contributed by atoms with Gasteiger partial charge < -0.3 is 4.90 Å². The number of benzene rings is 1.